The van der Waals surface area contributed by atoms with Crippen LogP contribution in [-0.4, -0.2) is 42.0 Å². The van der Waals surface area contributed by atoms with Crippen molar-refractivity contribution in [1.82, 2.24) is 15.2 Å². The van der Waals surface area contributed by atoms with E-state index in [-0.39, 0.29) is 5.91 Å². The van der Waals surface area contributed by atoms with Crippen molar-refractivity contribution < 1.29 is 9.53 Å². The summed E-state index contributed by atoms with van der Waals surface area (Å²) < 4.78 is 5.64. The smallest absolute Gasteiger partial charge is 0.265 e. The van der Waals surface area contributed by atoms with Crippen LogP contribution in [0.2, 0.25) is 0 Å². The molecule has 6 heteroatoms. The molecule has 1 N–H and O–H groups in total. The van der Waals surface area contributed by atoms with E-state index < -0.39 is 0 Å². The Bertz CT molecular complexity index is 594. The Morgan fingerprint density at radius 1 is 1.29 bits per heavy atom. The molecule has 2 heterocycles. The molecule has 21 heavy (non-hydrogen) atoms. The normalized spacial score (nSPS) is 15.0. The number of para-hydroxylation sites is 1. The molecule has 1 saturated heterocycles. The molecular formula is C15H17N3O2S. The highest BCUT2D eigenvalue weighted by atomic mass is 32.1. The molecule has 1 aromatic carbocycles. The predicted molar refractivity (Wildman–Crippen MR) is 81.7 cm³/mol. The van der Waals surface area contributed by atoms with Crippen molar-refractivity contribution in [2.45, 2.75) is 6.61 Å². The fourth-order valence-corrected chi connectivity index (χ4v) is 2.96. The van der Waals surface area contributed by atoms with Gasteiger partial charge in [0.1, 0.15) is 22.2 Å². The Labute approximate surface area is 127 Å². The number of nitrogens with zero attached hydrogens (tertiary/aromatic N) is 2. The van der Waals surface area contributed by atoms with Gasteiger partial charge in [0.2, 0.25) is 0 Å². The van der Waals surface area contributed by atoms with E-state index in [9.17, 15) is 4.79 Å². The van der Waals surface area contributed by atoms with E-state index in [4.69, 9.17) is 4.74 Å². The second kappa shape index (κ2) is 6.69. The Hall–Kier alpha value is -1.92. The standard InChI is InChI=1S/C15H17N3O2S/c19-15(18-8-6-16-7-9-18)13-10-17-14(21-13)11-20-12-4-2-1-3-5-12/h1-5,10,16H,6-9,11H2. The average Bonchev–Trinajstić information content (AvgIpc) is 3.03. The van der Waals surface area contributed by atoms with Gasteiger partial charge in [-0.3, -0.25) is 4.79 Å². The number of amides is 1. The number of nitrogens with one attached hydrogen (secondary N) is 1. The molecule has 110 valence electrons. The molecule has 1 aromatic heterocycles. The lowest BCUT2D eigenvalue weighted by molar-refractivity contribution is 0.0740. The van der Waals surface area contributed by atoms with Gasteiger partial charge < -0.3 is 15.0 Å². The van der Waals surface area contributed by atoms with Gasteiger partial charge in [0.25, 0.3) is 5.91 Å². The lowest BCUT2D eigenvalue weighted by Crippen LogP contribution is -2.46. The van der Waals surface area contributed by atoms with Crippen molar-refractivity contribution in [3.63, 3.8) is 0 Å². The molecule has 0 saturated carbocycles. The zero-order chi connectivity index (χ0) is 14.5. The van der Waals surface area contributed by atoms with Crippen molar-refractivity contribution in [3.8, 4) is 5.75 Å². The molecule has 3 rings (SSSR count). The second-order valence-corrected chi connectivity index (χ2v) is 5.88. The SMILES string of the molecule is O=C(c1cnc(COc2ccccc2)s1)N1CCNCC1. The lowest BCUT2D eigenvalue weighted by atomic mass is 10.3. The number of hydrogen-bond donors (Lipinski definition) is 1. The molecule has 0 radical (unpaired) electrons. The number of aromatic nitrogens is 1. The molecule has 5 nitrogen and oxygen atoms in total. The summed E-state index contributed by atoms with van der Waals surface area (Å²) in [5.41, 5.74) is 0. The largest absolute Gasteiger partial charge is 0.486 e. The average molecular weight is 303 g/mol. The lowest BCUT2D eigenvalue weighted by Gasteiger charge is -2.26. The van der Waals surface area contributed by atoms with Crippen LogP contribution in [0.4, 0.5) is 0 Å². The first-order valence-electron chi connectivity index (χ1n) is 6.95. The summed E-state index contributed by atoms with van der Waals surface area (Å²) in [6.07, 6.45) is 1.65. The molecule has 2 aromatic rings. The maximum Gasteiger partial charge on any atom is 0.265 e. The quantitative estimate of drug-likeness (QED) is 0.935. The van der Waals surface area contributed by atoms with Gasteiger partial charge in [0, 0.05) is 26.2 Å². The molecule has 1 fully saturated rings. The van der Waals surface area contributed by atoms with Crippen LogP contribution in [0.5, 0.6) is 5.75 Å². The number of rotatable bonds is 4. The number of benzene rings is 1. The van der Waals surface area contributed by atoms with Crippen LogP contribution in [0.25, 0.3) is 0 Å². The summed E-state index contributed by atoms with van der Waals surface area (Å²) in [6.45, 7) is 3.62. The van der Waals surface area contributed by atoms with Crippen molar-refractivity contribution in [2.75, 3.05) is 26.2 Å². The fraction of sp³-hybridized carbons (Fsp3) is 0.333. The van der Waals surface area contributed by atoms with Crippen LogP contribution in [-0.2, 0) is 6.61 Å². The number of ether oxygens (including phenoxy) is 1. The molecule has 0 bridgehead atoms. The highest BCUT2D eigenvalue weighted by Crippen LogP contribution is 2.18. The molecular weight excluding hydrogens is 286 g/mol. The Morgan fingerprint density at radius 3 is 2.81 bits per heavy atom. The van der Waals surface area contributed by atoms with Crippen LogP contribution in [0.15, 0.2) is 36.5 Å². The fourth-order valence-electron chi connectivity index (χ4n) is 2.16. The highest BCUT2D eigenvalue weighted by molar-refractivity contribution is 7.13. The van der Waals surface area contributed by atoms with Gasteiger partial charge in [-0.15, -0.1) is 11.3 Å². The Kier molecular flexibility index (Phi) is 4.47. The van der Waals surface area contributed by atoms with Gasteiger partial charge in [-0.1, -0.05) is 18.2 Å². The highest BCUT2D eigenvalue weighted by Gasteiger charge is 2.20. The van der Waals surface area contributed by atoms with E-state index in [2.05, 4.69) is 10.3 Å². The first-order chi connectivity index (χ1) is 10.3. The molecule has 0 aliphatic carbocycles. The van der Waals surface area contributed by atoms with E-state index >= 15 is 0 Å². The van der Waals surface area contributed by atoms with E-state index in [0.717, 1.165) is 36.9 Å². The zero-order valence-electron chi connectivity index (χ0n) is 11.6. The molecule has 0 atom stereocenters. The van der Waals surface area contributed by atoms with Gasteiger partial charge in [0.05, 0.1) is 6.20 Å². The summed E-state index contributed by atoms with van der Waals surface area (Å²) in [5.74, 6) is 0.877. The van der Waals surface area contributed by atoms with Crippen LogP contribution < -0.4 is 10.1 Å². The van der Waals surface area contributed by atoms with Crippen LogP contribution in [0.3, 0.4) is 0 Å². The van der Waals surface area contributed by atoms with Crippen molar-refractivity contribution in [2.24, 2.45) is 0 Å². The topological polar surface area (TPSA) is 54.5 Å². The van der Waals surface area contributed by atoms with Gasteiger partial charge in [0.15, 0.2) is 0 Å². The van der Waals surface area contributed by atoms with Gasteiger partial charge >= 0.3 is 0 Å². The van der Waals surface area contributed by atoms with Crippen molar-refractivity contribution in [3.05, 3.63) is 46.4 Å². The summed E-state index contributed by atoms with van der Waals surface area (Å²) in [7, 11) is 0. The third-order valence-electron chi connectivity index (χ3n) is 3.27. The number of carbonyl (C=O) groups excluding carboxylic acids is 1. The first-order valence-corrected chi connectivity index (χ1v) is 7.77. The monoisotopic (exact) mass is 303 g/mol. The minimum absolute atomic E-state index is 0.0694. The van der Waals surface area contributed by atoms with E-state index in [1.54, 1.807) is 6.20 Å². The minimum Gasteiger partial charge on any atom is -0.486 e. The van der Waals surface area contributed by atoms with Crippen LogP contribution in [0, 0.1) is 0 Å². The number of piperazine rings is 1. The Morgan fingerprint density at radius 2 is 2.05 bits per heavy atom. The van der Waals surface area contributed by atoms with E-state index in [1.165, 1.54) is 11.3 Å². The molecule has 1 amide bonds. The third kappa shape index (κ3) is 3.59. The van der Waals surface area contributed by atoms with Crippen LogP contribution >= 0.6 is 11.3 Å². The van der Waals surface area contributed by atoms with Gasteiger partial charge in [-0.2, -0.15) is 0 Å². The van der Waals surface area contributed by atoms with Gasteiger partial charge in [-0.25, -0.2) is 4.98 Å². The maximum absolute atomic E-state index is 12.3. The molecule has 0 unspecified atom stereocenters. The van der Waals surface area contributed by atoms with Crippen LogP contribution in [0.1, 0.15) is 14.7 Å². The molecule has 1 aliphatic heterocycles. The number of carbonyl (C=O) groups is 1. The minimum atomic E-state index is 0.0694. The molecule has 0 spiro atoms. The van der Waals surface area contributed by atoms with E-state index in [0.29, 0.717) is 11.5 Å². The predicted octanol–water partition coefficient (Wildman–Crippen LogP) is 1.77. The van der Waals surface area contributed by atoms with Crippen molar-refractivity contribution in [1.29, 1.82) is 0 Å². The number of thiazole rings is 1. The number of hydrogen-bond acceptors (Lipinski definition) is 5. The summed E-state index contributed by atoms with van der Waals surface area (Å²) in [6, 6.07) is 9.61. The second-order valence-electron chi connectivity index (χ2n) is 4.76. The summed E-state index contributed by atoms with van der Waals surface area (Å²) in [5, 5.41) is 4.06. The first kappa shape index (κ1) is 14.0. The maximum atomic E-state index is 12.3. The summed E-state index contributed by atoms with van der Waals surface area (Å²) >= 11 is 1.41. The summed E-state index contributed by atoms with van der Waals surface area (Å²) in [4.78, 5) is 19.1. The third-order valence-corrected chi connectivity index (χ3v) is 4.23. The van der Waals surface area contributed by atoms with Crippen molar-refractivity contribution >= 4 is 17.2 Å². The molecule has 1 aliphatic rings. The van der Waals surface area contributed by atoms with Gasteiger partial charge in [-0.05, 0) is 12.1 Å². The Balaban J connectivity index is 1.59. The zero-order valence-corrected chi connectivity index (χ0v) is 12.4. The van der Waals surface area contributed by atoms with E-state index in [1.807, 2.05) is 35.2 Å².